The van der Waals surface area contributed by atoms with Crippen molar-refractivity contribution < 1.29 is 23.5 Å². The fourth-order valence-corrected chi connectivity index (χ4v) is 4.33. The summed E-state index contributed by atoms with van der Waals surface area (Å²) in [6.07, 6.45) is 4.02. The van der Waals surface area contributed by atoms with Gasteiger partial charge in [-0.3, -0.25) is 9.69 Å². The van der Waals surface area contributed by atoms with Gasteiger partial charge in [0, 0.05) is 19.6 Å². The Balaban J connectivity index is 1.53. The number of rotatable bonds is 5. The fraction of sp³-hybridized carbons (Fsp3) is 0.737. The number of amides is 3. The first-order valence-electron chi connectivity index (χ1n) is 9.98. The number of hydrogen-bond acceptors (Lipinski definition) is 7. The van der Waals surface area contributed by atoms with E-state index in [0.717, 1.165) is 0 Å². The van der Waals surface area contributed by atoms with Gasteiger partial charge in [-0.05, 0) is 18.8 Å². The molecule has 28 heavy (non-hydrogen) atoms. The van der Waals surface area contributed by atoms with Crippen molar-refractivity contribution in [2.75, 3.05) is 50.9 Å². The minimum atomic E-state index is -0.792. The number of oxazole rings is 1. The van der Waals surface area contributed by atoms with Crippen LogP contribution in [0.4, 0.5) is 10.8 Å². The second kappa shape index (κ2) is 7.71. The Morgan fingerprint density at radius 3 is 2.64 bits per heavy atom. The van der Waals surface area contributed by atoms with E-state index >= 15 is 0 Å². The second-order valence-electron chi connectivity index (χ2n) is 8.10. The first-order valence-corrected chi connectivity index (χ1v) is 9.98. The van der Waals surface area contributed by atoms with Crippen LogP contribution in [-0.2, 0) is 14.3 Å². The van der Waals surface area contributed by atoms with Gasteiger partial charge in [0.1, 0.15) is 11.8 Å². The Kier molecular flexibility index (Phi) is 5.29. The molecule has 9 nitrogen and oxygen atoms in total. The van der Waals surface area contributed by atoms with Crippen molar-refractivity contribution in [2.45, 2.75) is 38.3 Å². The Labute approximate surface area is 164 Å². The average molecular weight is 392 g/mol. The summed E-state index contributed by atoms with van der Waals surface area (Å²) >= 11 is 0. The van der Waals surface area contributed by atoms with Gasteiger partial charge in [-0.15, -0.1) is 0 Å². The van der Waals surface area contributed by atoms with E-state index in [4.69, 9.17) is 13.9 Å². The lowest BCUT2D eigenvalue weighted by atomic mass is 9.85. The van der Waals surface area contributed by atoms with E-state index in [1.165, 1.54) is 4.90 Å². The summed E-state index contributed by atoms with van der Waals surface area (Å²) < 4.78 is 16.5. The van der Waals surface area contributed by atoms with Crippen molar-refractivity contribution in [3.05, 3.63) is 12.5 Å². The molecule has 3 aliphatic heterocycles. The lowest BCUT2D eigenvalue weighted by Gasteiger charge is -2.42. The summed E-state index contributed by atoms with van der Waals surface area (Å²) in [4.78, 5) is 36.1. The first kappa shape index (κ1) is 19.2. The van der Waals surface area contributed by atoms with Gasteiger partial charge >= 0.3 is 6.03 Å². The van der Waals surface area contributed by atoms with Crippen LogP contribution in [0.3, 0.4) is 0 Å². The molecule has 1 unspecified atom stereocenters. The van der Waals surface area contributed by atoms with E-state index in [9.17, 15) is 9.59 Å². The zero-order chi connectivity index (χ0) is 19.7. The lowest BCUT2D eigenvalue weighted by molar-refractivity contribution is -0.138. The highest BCUT2D eigenvalue weighted by Crippen LogP contribution is 2.39. The molecule has 9 heteroatoms. The van der Waals surface area contributed by atoms with Gasteiger partial charge in [0.15, 0.2) is 0 Å². The zero-order valence-electron chi connectivity index (χ0n) is 16.5. The summed E-state index contributed by atoms with van der Waals surface area (Å²) in [5.41, 5.74) is -0.792. The molecule has 4 rings (SSSR count). The predicted octanol–water partition coefficient (Wildman–Crippen LogP) is 1.35. The van der Waals surface area contributed by atoms with E-state index < -0.39 is 5.54 Å². The number of aromatic nitrogens is 1. The molecular weight excluding hydrogens is 364 g/mol. The average Bonchev–Trinajstić information content (AvgIpc) is 3.29. The molecular formula is C19H28N4O5. The van der Waals surface area contributed by atoms with Crippen molar-refractivity contribution in [3.63, 3.8) is 0 Å². The van der Waals surface area contributed by atoms with Crippen LogP contribution in [0.15, 0.2) is 16.9 Å². The molecule has 3 amide bonds. The topological polar surface area (TPSA) is 88.4 Å². The van der Waals surface area contributed by atoms with Crippen LogP contribution < -0.4 is 4.90 Å². The second-order valence-corrected chi connectivity index (χ2v) is 8.10. The third kappa shape index (κ3) is 3.37. The Hall–Kier alpha value is -2.13. The van der Waals surface area contributed by atoms with Crippen molar-refractivity contribution >= 4 is 18.0 Å². The van der Waals surface area contributed by atoms with Crippen molar-refractivity contribution in [2.24, 2.45) is 5.92 Å². The van der Waals surface area contributed by atoms with Gasteiger partial charge in [0.25, 0.3) is 11.9 Å². The number of piperidine rings is 1. The third-order valence-electron chi connectivity index (χ3n) is 5.72. The molecule has 3 saturated heterocycles. The molecule has 154 valence electrons. The summed E-state index contributed by atoms with van der Waals surface area (Å²) in [5.74, 6) is 0.159. The molecule has 1 spiro atoms. The van der Waals surface area contributed by atoms with Gasteiger partial charge < -0.3 is 23.7 Å². The summed E-state index contributed by atoms with van der Waals surface area (Å²) in [7, 11) is 0. The standard InChI is InChI=1S/C19H28N4O5/c1-14(2)11-23-18(25)22(12-15-13-26-9-10-27-15)16(24)19(23)3-6-21(7-4-19)17-20-5-8-28-17/h5,8,14-15H,3-4,6-7,9-13H2,1-2H3. The molecule has 3 aliphatic rings. The van der Waals surface area contributed by atoms with E-state index in [1.807, 2.05) is 4.90 Å². The maximum Gasteiger partial charge on any atom is 0.327 e. The molecule has 0 N–H and O–H groups in total. The monoisotopic (exact) mass is 392 g/mol. The summed E-state index contributed by atoms with van der Waals surface area (Å²) in [5, 5.41) is 0. The highest BCUT2D eigenvalue weighted by molar-refractivity contribution is 6.07. The van der Waals surface area contributed by atoms with Crippen molar-refractivity contribution in [1.82, 2.24) is 14.8 Å². The molecule has 3 fully saturated rings. The van der Waals surface area contributed by atoms with Gasteiger partial charge in [-0.1, -0.05) is 13.8 Å². The Morgan fingerprint density at radius 1 is 1.25 bits per heavy atom. The van der Waals surface area contributed by atoms with Crippen LogP contribution >= 0.6 is 0 Å². The first-order chi connectivity index (χ1) is 13.5. The molecule has 4 heterocycles. The van der Waals surface area contributed by atoms with E-state index in [0.29, 0.717) is 58.3 Å². The molecule has 0 radical (unpaired) electrons. The van der Waals surface area contributed by atoms with Gasteiger partial charge in [0.2, 0.25) is 0 Å². The molecule has 0 aliphatic carbocycles. The Bertz CT molecular complexity index is 693. The molecule has 0 saturated carbocycles. The highest BCUT2D eigenvalue weighted by Gasteiger charge is 2.58. The van der Waals surface area contributed by atoms with Crippen molar-refractivity contribution in [3.8, 4) is 0 Å². The minimum absolute atomic E-state index is 0.112. The van der Waals surface area contributed by atoms with Crippen molar-refractivity contribution in [1.29, 1.82) is 0 Å². The van der Waals surface area contributed by atoms with E-state index in [2.05, 4.69) is 18.8 Å². The quantitative estimate of drug-likeness (QED) is 0.699. The Morgan fingerprint density at radius 2 is 2.04 bits per heavy atom. The molecule has 1 aromatic heterocycles. The number of ether oxygens (including phenoxy) is 2. The van der Waals surface area contributed by atoms with Crippen LogP contribution in [0, 0.1) is 5.92 Å². The number of carbonyl (C=O) groups excluding carboxylic acids is 2. The van der Waals surface area contributed by atoms with Crippen LogP contribution in [0.2, 0.25) is 0 Å². The molecule has 0 bridgehead atoms. The van der Waals surface area contributed by atoms with Crippen LogP contribution in [-0.4, -0.2) is 84.4 Å². The molecule has 1 aromatic rings. The smallest absolute Gasteiger partial charge is 0.327 e. The molecule has 1 atom stereocenters. The number of nitrogens with zero attached hydrogens (tertiary/aromatic N) is 4. The SMILES string of the molecule is CC(C)CN1C(=O)N(CC2COCCO2)C(=O)C12CCN(c1ncco1)CC2. The van der Waals surface area contributed by atoms with E-state index in [1.54, 1.807) is 17.4 Å². The van der Waals surface area contributed by atoms with E-state index in [-0.39, 0.29) is 30.5 Å². The number of hydrogen-bond donors (Lipinski definition) is 0. The minimum Gasteiger partial charge on any atom is -0.432 e. The number of imide groups is 1. The number of urea groups is 1. The number of anilines is 1. The highest BCUT2D eigenvalue weighted by atomic mass is 16.6. The summed E-state index contributed by atoms with van der Waals surface area (Å²) in [6.45, 7) is 7.62. The number of carbonyl (C=O) groups is 2. The third-order valence-corrected chi connectivity index (χ3v) is 5.72. The predicted molar refractivity (Wildman–Crippen MR) is 99.9 cm³/mol. The zero-order valence-corrected chi connectivity index (χ0v) is 16.5. The van der Waals surface area contributed by atoms with Crippen LogP contribution in [0.1, 0.15) is 26.7 Å². The fourth-order valence-electron chi connectivity index (χ4n) is 4.33. The maximum atomic E-state index is 13.5. The normalized spacial score (nSPS) is 25.4. The maximum absolute atomic E-state index is 13.5. The molecule has 0 aromatic carbocycles. The van der Waals surface area contributed by atoms with Crippen LogP contribution in [0.25, 0.3) is 0 Å². The van der Waals surface area contributed by atoms with Gasteiger partial charge in [0.05, 0.1) is 38.7 Å². The lowest BCUT2D eigenvalue weighted by Crippen LogP contribution is -2.57. The van der Waals surface area contributed by atoms with Crippen LogP contribution in [0.5, 0.6) is 0 Å². The summed E-state index contributed by atoms with van der Waals surface area (Å²) in [6, 6.07) is 0.351. The largest absolute Gasteiger partial charge is 0.432 e. The van der Waals surface area contributed by atoms with Gasteiger partial charge in [-0.2, -0.15) is 0 Å². The van der Waals surface area contributed by atoms with Gasteiger partial charge in [-0.25, -0.2) is 9.78 Å².